The molecule has 0 heterocycles. The predicted molar refractivity (Wildman–Crippen MR) is 31.9 cm³/mol. The molecule has 54 valence electrons. The molecule has 5 heteroatoms. The van der Waals surface area contributed by atoms with Crippen molar-refractivity contribution < 1.29 is 17.7 Å². The first-order valence-corrected chi connectivity index (χ1v) is 3.69. The molecule has 0 aliphatic rings. The van der Waals surface area contributed by atoms with Gasteiger partial charge in [0.25, 0.3) is 0 Å². The molecule has 0 spiro atoms. The molecular formula is C4H8O4S. The molecule has 0 saturated carbocycles. The molecule has 0 rings (SSSR count). The first-order chi connectivity index (χ1) is 4.00. The van der Waals surface area contributed by atoms with E-state index >= 15 is 0 Å². The van der Waals surface area contributed by atoms with E-state index in [4.69, 9.17) is 5.11 Å². The number of aliphatic hydroxyl groups excluding tert-OH is 1. The third-order valence-corrected chi connectivity index (χ3v) is 1.86. The van der Waals surface area contributed by atoms with Crippen LogP contribution in [-0.2, 0) is 14.3 Å². The van der Waals surface area contributed by atoms with Crippen molar-refractivity contribution in [2.75, 3.05) is 0 Å². The van der Waals surface area contributed by atoms with Gasteiger partial charge >= 0.3 is 10.1 Å². The van der Waals surface area contributed by atoms with Crippen LogP contribution >= 0.6 is 0 Å². The summed E-state index contributed by atoms with van der Waals surface area (Å²) >= 11 is 0. The maximum atomic E-state index is 10.4. The molecule has 0 fully saturated rings. The van der Waals surface area contributed by atoms with Crippen molar-refractivity contribution in [2.45, 2.75) is 12.4 Å². The van der Waals surface area contributed by atoms with Crippen molar-refractivity contribution in [3.8, 4) is 0 Å². The fourth-order valence-corrected chi connectivity index (χ4v) is 0.526. The van der Waals surface area contributed by atoms with Crippen molar-refractivity contribution in [2.24, 2.45) is 0 Å². The summed E-state index contributed by atoms with van der Waals surface area (Å²) in [5.74, 6) is 0. The fraction of sp³-hybridized carbons (Fsp3) is 0.500. The van der Waals surface area contributed by atoms with Gasteiger partial charge in [-0.2, -0.15) is 8.42 Å². The van der Waals surface area contributed by atoms with Crippen LogP contribution in [0.5, 0.6) is 0 Å². The van der Waals surface area contributed by atoms with E-state index in [1.54, 1.807) is 0 Å². The van der Waals surface area contributed by atoms with E-state index < -0.39 is 15.6 Å². The Morgan fingerprint density at radius 1 is 1.78 bits per heavy atom. The van der Waals surface area contributed by atoms with Gasteiger partial charge in [0.1, 0.15) is 0 Å². The van der Waals surface area contributed by atoms with E-state index in [1.165, 1.54) is 0 Å². The third kappa shape index (κ3) is 2.48. The Morgan fingerprint density at radius 3 is 2.33 bits per heavy atom. The van der Waals surface area contributed by atoms with E-state index in [-0.39, 0.29) is 0 Å². The average Bonchev–Trinajstić information content (AvgIpc) is 1.65. The lowest BCUT2D eigenvalue weighted by Crippen LogP contribution is -2.17. The van der Waals surface area contributed by atoms with Crippen molar-refractivity contribution in [1.82, 2.24) is 0 Å². The van der Waals surface area contributed by atoms with E-state index in [2.05, 4.69) is 10.8 Å². The second-order valence-corrected chi connectivity index (χ2v) is 3.22. The van der Waals surface area contributed by atoms with Gasteiger partial charge in [0, 0.05) is 0 Å². The second-order valence-electron chi connectivity index (χ2n) is 1.36. The van der Waals surface area contributed by atoms with Crippen LogP contribution in [0.4, 0.5) is 0 Å². The number of hydrogen-bond donors (Lipinski definition) is 1. The Hall–Kier alpha value is -0.550. The predicted octanol–water partition coefficient (Wildman–Crippen LogP) is -0.185. The van der Waals surface area contributed by atoms with Crippen LogP contribution in [0.2, 0.25) is 0 Å². The highest BCUT2D eigenvalue weighted by molar-refractivity contribution is 7.87. The lowest BCUT2D eigenvalue weighted by atomic mass is 10.9. The summed E-state index contributed by atoms with van der Waals surface area (Å²) in [7, 11) is -3.81. The van der Waals surface area contributed by atoms with Gasteiger partial charge in [-0.15, -0.1) is 0 Å². The highest BCUT2D eigenvalue weighted by atomic mass is 32.2. The molecule has 0 saturated heterocycles. The molecule has 0 aromatic carbocycles. The number of aliphatic hydroxyl groups is 1. The molecule has 0 amide bonds. The van der Waals surface area contributed by atoms with Crippen molar-refractivity contribution >= 4 is 10.1 Å². The van der Waals surface area contributed by atoms with Crippen molar-refractivity contribution in [3.05, 3.63) is 12.8 Å². The molecule has 1 atom stereocenters. The maximum absolute atomic E-state index is 10.4. The molecule has 0 radical (unpaired) electrons. The highest BCUT2D eigenvalue weighted by Gasteiger charge is 2.16. The summed E-state index contributed by atoms with van der Waals surface area (Å²) in [4.78, 5) is 0. The lowest BCUT2D eigenvalue weighted by molar-refractivity contribution is 0.248. The summed E-state index contributed by atoms with van der Waals surface area (Å²) in [6.45, 7) is 4.11. The minimum atomic E-state index is -3.81. The highest BCUT2D eigenvalue weighted by Crippen LogP contribution is 1.98. The third-order valence-electron chi connectivity index (χ3n) is 0.620. The molecule has 0 aromatic rings. The van der Waals surface area contributed by atoms with Crippen molar-refractivity contribution in [3.63, 3.8) is 0 Å². The topological polar surface area (TPSA) is 63.6 Å². The fourth-order valence-electron chi connectivity index (χ4n) is 0.175. The molecule has 9 heavy (non-hydrogen) atoms. The maximum Gasteiger partial charge on any atom is 0.335 e. The van der Waals surface area contributed by atoms with E-state index in [9.17, 15) is 8.42 Å². The molecule has 0 bridgehead atoms. The number of hydrogen-bond acceptors (Lipinski definition) is 4. The quantitative estimate of drug-likeness (QED) is 0.450. The standard InChI is InChI=1S/C4H8O4S/c1-3-8-9(6,7)4(2)5/h3-5H,1H2,2H3. The molecular weight excluding hydrogens is 144 g/mol. The van der Waals surface area contributed by atoms with Gasteiger partial charge in [0.05, 0.1) is 6.26 Å². The second kappa shape index (κ2) is 2.84. The van der Waals surface area contributed by atoms with Gasteiger partial charge in [-0.1, -0.05) is 6.58 Å². The largest absolute Gasteiger partial charge is 0.389 e. The molecule has 0 aromatic heterocycles. The summed E-state index contributed by atoms with van der Waals surface area (Å²) < 4.78 is 24.8. The molecule has 1 N–H and O–H groups in total. The zero-order chi connectivity index (χ0) is 7.49. The molecule has 0 aliphatic heterocycles. The van der Waals surface area contributed by atoms with Gasteiger partial charge in [-0.05, 0) is 6.92 Å². The zero-order valence-corrected chi connectivity index (χ0v) is 5.76. The Morgan fingerprint density at radius 2 is 2.22 bits per heavy atom. The van der Waals surface area contributed by atoms with E-state index in [0.717, 1.165) is 13.2 Å². The zero-order valence-electron chi connectivity index (χ0n) is 4.94. The van der Waals surface area contributed by atoms with Gasteiger partial charge in [-0.3, -0.25) is 0 Å². The molecule has 0 aliphatic carbocycles. The first-order valence-electron chi connectivity index (χ1n) is 2.22. The SMILES string of the molecule is C=COS(=O)(=O)C(C)O. The Bertz CT molecular complexity index is 179. The van der Waals surface area contributed by atoms with Crippen LogP contribution < -0.4 is 0 Å². The average molecular weight is 152 g/mol. The van der Waals surface area contributed by atoms with Crippen LogP contribution in [0.1, 0.15) is 6.92 Å². The summed E-state index contributed by atoms with van der Waals surface area (Å²) in [6, 6.07) is 0. The summed E-state index contributed by atoms with van der Waals surface area (Å²) in [6.07, 6.45) is 0.752. The summed E-state index contributed by atoms with van der Waals surface area (Å²) in [5.41, 5.74) is -1.50. The van der Waals surface area contributed by atoms with E-state index in [0.29, 0.717) is 0 Å². The van der Waals surface area contributed by atoms with Crippen LogP contribution in [0.15, 0.2) is 12.8 Å². The Balaban J connectivity index is 4.22. The Labute approximate surface area is 53.9 Å². The van der Waals surface area contributed by atoms with E-state index in [1.807, 2.05) is 0 Å². The monoisotopic (exact) mass is 152 g/mol. The molecule has 1 unspecified atom stereocenters. The van der Waals surface area contributed by atoms with Crippen LogP contribution in [-0.4, -0.2) is 19.0 Å². The first kappa shape index (κ1) is 8.45. The van der Waals surface area contributed by atoms with Gasteiger partial charge < -0.3 is 9.29 Å². The van der Waals surface area contributed by atoms with Crippen LogP contribution in [0.25, 0.3) is 0 Å². The minimum Gasteiger partial charge on any atom is -0.389 e. The number of rotatable bonds is 3. The lowest BCUT2D eigenvalue weighted by Gasteiger charge is -2.02. The van der Waals surface area contributed by atoms with Gasteiger partial charge in [0.15, 0.2) is 5.44 Å². The van der Waals surface area contributed by atoms with Gasteiger partial charge in [-0.25, -0.2) is 0 Å². The van der Waals surface area contributed by atoms with Crippen LogP contribution in [0.3, 0.4) is 0 Å². The molecule has 4 nitrogen and oxygen atoms in total. The van der Waals surface area contributed by atoms with Crippen LogP contribution in [0, 0.1) is 0 Å². The summed E-state index contributed by atoms with van der Waals surface area (Å²) in [5, 5.41) is 8.45. The van der Waals surface area contributed by atoms with Crippen molar-refractivity contribution in [1.29, 1.82) is 0 Å². The smallest absolute Gasteiger partial charge is 0.335 e. The normalized spacial score (nSPS) is 14.4. The minimum absolute atomic E-state index is 0.752. The van der Waals surface area contributed by atoms with Gasteiger partial charge in [0.2, 0.25) is 0 Å². The Kier molecular flexibility index (Phi) is 2.66.